The zero-order valence-electron chi connectivity index (χ0n) is 10.2. The quantitative estimate of drug-likeness (QED) is 0.897. The molecule has 0 spiro atoms. The second-order valence-corrected chi connectivity index (χ2v) is 4.60. The van der Waals surface area contributed by atoms with Crippen LogP contribution < -0.4 is 10.5 Å². The van der Waals surface area contributed by atoms with E-state index >= 15 is 0 Å². The number of hydrogen-bond acceptors (Lipinski definition) is 3. The van der Waals surface area contributed by atoms with E-state index < -0.39 is 6.61 Å². The fraction of sp³-hybridized carbons (Fsp3) is 0.538. The van der Waals surface area contributed by atoms with E-state index in [4.69, 9.17) is 5.73 Å². The first-order chi connectivity index (χ1) is 8.65. The molecule has 0 bridgehead atoms. The van der Waals surface area contributed by atoms with Gasteiger partial charge in [-0.3, -0.25) is 4.90 Å². The van der Waals surface area contributed by atoms with Crippen LogP contribution in [0.15, 0.2) is 24.3 Å². The van der Waals surface area contributed by atoms with Gasteiger partial charge in [0, 0.05) is 18.2 Å². The van der Waals surface area contributed by atoms with Gasteiger partial charge in [0.15, 0.2) is 0 Å². The van der Waals surface area contributed by atoms with Gasteiger partial charge in [0.25, 0.3) is 0 Å². The molecule has 0 radical (unpaired) electrons. The maximum absolute atomic E-state index is 12.3. The first kappa shape index (κ1) is 13.2. The van der Waals surface area contributed by atoms with Gasteiger partial charge < -0.3 is 10.5 Å². The van der Waals surface area contributed by atoms with Crippen LogP contribution in [-0.2, 0) is 6.54 Å². The molecule has 1 aromatic rings. The lowest BCUT2D eigenvalue weighted by Crippen LogP contribution is -2.39. The molecule has 5 heteroatoms. The minimum Gasteiger partial charge on any atom is -0.434 e. The molecule has 0 atom stereocenters. The number of alkyl halides is 2. The zero-order valence-corrected chi connectivity index (χ0v) is 10.2. The lowest BCUT2D eigenvalue weighted by molar-refractivity contribution is -0.0508. The van der Waals surface area contributed by atoms with Crippen molar-refractivity contribution in [2.45, 2.75) is 32.0 Å². The van der Waals surface area contributed by atoms with Crippen molar-refractivity contribution in [2.75, 3.05) is 13.1 Å². The molecule has 0 aliphatic carbocycles. The Labute approximate surface area is 106 Å². The molecule has 1 aliphatic rings. The van der Waals surface area contributed by atoms with Gasteiger partial charge in [0.2, 0.25) is 0 Å². The zero-order chi connectivity index (χ0) is 13.0. The van der Waals surface area contributed by atoms with Crippen molar-refractivity contribution in [1.82, 2.24) is 4.90 Å². The van der Waals surface area contributed by atoms with Crippen molar-refractivity contribution in [3.63, 3.8) is 0 Å². The molecule has 0 saturated carbocycles. The van der Waals surface area contributed by atoms with Crippen molar-refractivity contribution >= 4 is 0 Å². The van der Waals surface area contributed by atoms with Gasteiger partial charge in [-0.2, -0.15) is 8.78 Å². The molecule has 2 rings (SSSR count). The maximum Gasteiger partial charge on any atom is 0.387 e. The molecule has 1 aromatic carbocycles. The minimum atomic E-state index is -2.78. The molecular weight excluding hydrogens is 238 g/mol. The summed E-state index contributed by atoms with van der Waals surface area (Å²) in [7, 11) is 0. The SMILES string of the molecule is NC1CCN(Cc2ccccc2OC(F)F)CC1. The minimum absolute atomic E-state index is 0.266. The Morgan fingerprint density at radius 1 is 1.28 bits per heavy atom. The van der Waals surface area contributed by atoms with Gasteiger partial charge in [-0.25, -0.2) is 0 Å². The molecule has 3 nitrogen and oxygen atoms in total. The third kappa shape index (κ3) is 3.65. The highest BCUT2D eigenvalue weighted by Gasteiger charge is 2.18. The fourth-order valence-corrected chi connectivity index (χ4v) is 2.20. The average Bonchev–Trinajstić information content (AvgIpc) is 2.34. The third-order valence-corrected chi connectivity index (χ3v) is 3.21. The van der Waals surface area contributed by atoms with Crippen LogP contribution in [0.3, 0.4) is 0 Å². The molecule has 2 N–H and O–H groups in total. The summed E-state index contributed by atoms with van der Waals surface area (Å²) in [6.45, 7) is -0.329. The second-order valence-electron chi connectivity index (χ2n) is 4.60. The van der Waals surface area contributed by atoms with Gasteiger partial charge in [0.05, 0.1) is 0 Å². The highest BCUT2D eigenvalue weighted by Crippen LogP contribution is 2.23. The number of nitrogens with zero attached hydrogens (tertiary/aromatic N) is 1. The van der Waals surface area contributed by atoms with Crippen molar-refractivity contribution in [3.05, 3.63) is 29.8 Å². The molecule has 0 unspecified atom stereocenters. The van der Waals surface area contributed by atoms with Gasteiger partial charge in [-0.15, -0.1) is 0 Å². The lowest BCUT2D eigenvalue weighted by atomic mass is 10.1. The summed E-state index contributed by atoms with van der Waals surface area (Å²) in [6, 6.07) is 7.22. The van der Waals surface area contributed by atoms with Crippen molar-refractivity contribution in [1.29, 1.82) is 0 Å². The predicted molar refractivity (Wildman–Crippen MR) is 65.6 cm³/mol. The van der Waals surface area contributed by atoms with Crippen LogP contribution in [0, 0.1) is 0 Å². The number of para-hydroxylation sites is 1. The van der Waals surface area contributed by atoms with Gasteiger partial charge in [-0.05, 0) is 32.0 Å². The Balaban J connectivity index is 2.00. The van der Waals surface area contributed by atoms with E-state index in [1.54, 1.807) is 12.1 Å². The average molecular weight is 256 g/mol. The van der Waals surface area contributed by atoms with E-state index in [1.807, 2.05) is 12.1 Å². The molecular formula is C13H18F2N2O. The summed E-state index contributed by atoms with van der Waals surface area (Å²) in [5, 5.41) is 0. The molecule has 18 heavy (non-hydrogen) atoms. The standard InChI is InChI=1S/C13H18F2N2O/c14-13(15)18-12-4-2-1-3-10(12)9-17-7-5-11(16)6-8-17/h1-4,11,13H,5-9,16H2. The second kappa shape index (κ2) is 6.11. The molecule has 0 aromatic heterocycles. The summed E-state index contributed by atoms with van der Waals surface area (Å²) >= 11 is 0. The van der Waals surface area contributed by atoms with E-state index in [-0.39, 0.29) is 11.8 Å². The normalized spacial score (nSPS) is 18.2. The van der Waals surface area contributed by atoms with E-state index in [9.17, 15) is 8.78 Å². The smallest absolute Gasteiger partial charge is 0.387 e. The van der Waals surface area contributed by atoms with Crippen LogP contribution in [0.2, 0.25) is 0 Å². The summed E-state index contributed by atoms with van der Waals surface area (Å²) in [5.74, 6) is 0.266. The molecule has 1 heterocycles. The molecule has 1 fully saturated rings. The fourth-order valence-electron chi connectivity index (χ4n) is 2.20. The largest absolute Gasteiger partial charge is 0.434 e. The number of likely N-dealkylation sites (tertiary alicyclic amines) is 1. The number of piperidine rings is 1. The molecule has 100 valence electrons. The Morgan fingerprint density at radius 3 is 2.61 bits per heavy atom. The number of nitrogens with two attached hydrogens (primary N) is 1. The van der Waals surface area contributed by atoms with Crippen LogP contribution >= 0.6 is 0 Å². The van der Waals surface area contributed by atoms with Crippen molar-refractivity contribution in [3.8, 4) is 5.75 Å². The first-order valence-electron chi connectivity index (χ1n) is 6.16. The van der Waals surface area contributed by atoms with Crippen LogP contribution in [0.5, 0.6) is 5.75 Å². The molecule has 1 saturated heterocycles. The van der Waals surface area contributed by atoms with E-state index in [0.29, 0.717) is 6.54 Å². The van der Waals surface area contributed by atoms with Crippen LogP contribution in [0.1, 0.15) is 18.4 Å². The monoisotopic (exact) mass is 256 g/mol. The summed E-state index contributed by atoms with van der Waals surface area (Å²) in [4.78, 5) is 2.22. The third-order valence-electron chi connectivity index (χ3n) is 3.21. The highest BCUT2D eigenvalue weighted by molar-refractivity contribution is 5.33. The van der Waals surface area contributed by atoms with Crippen molar-refractivity contribution < 1.29 is 13.5 Å². The van der Waals surface area contributed by atoms with Gasteiger partial charge >= 0.3 is 6.61 Å². The van der Waals surface area contributed by atoms with Gasteiger partial charge in [0.1, 0.15) is 5.75 Å². The Hall–Kier alpha value is -1.20. The number of benzene rings is 1. The van der Waals surface area contributed by atoms with Gasteiger partial charge in [-0.1, -0.05) is 18.2 Å². The summed E-state index contributed by atoms with van der Waals surface area (Å²) in [5.41, 5.74) is 6.63. The van der Waals surface area contributed by atoms with E-state index in [0.717, 1.165) is 31.5 Å². The highest BCUT2D eigenvalue weighted by atomic mass is 19.3. The first-order valence-corrected chi connectivity index (χ1v) is 6.16. The van der Waals surface area contributed by atoms with Crippen LogP contribution in [-0.4, -0.2) is 30.6 Å². The van der Waals surface area contributed by atoms with E-state index in [2.05, 4.69) is 9.64 Å². The molecule has 1 aliphatic heterocycles. The lowest BCUT2D eigenvalue weighted by Gasteiger charge is -2.30. The maximum atomic E-state index is 12.3. The topological polar surface area (TPSA) is 38.5 Å². The summed E-state index contributed by atoms with van der Waals surface area (Å²) < 4.78 is 29.1. The predicted octanol–water partition coefficient (Wildman–Crippen LogP) is 2.21. The Kier molecular flexibility index (Phi) is 4.49. The number of ether oxygens (including phenoxy) is 1. The Bertz CT molecular complexity index is 379. The molecule has 0 amide bonds. The van der Waals surface area contributed by atoms with E-state index in [1.165, 1.54) is 0 Å². The number of hydrogen-bond donors (Lipinski definition) is 1. The Morgan fingerprint density at radius 2 is 1.94 bits per heavy atom. The number of rotatable bonds is 4. The number of halogens is 2. The summed E-state index contributed by atoms with van der Waals surface area (Å²) in [6.07, 6.45) is 1.91. The van der Waals surface area contributed by atoms with Crippen LogP contribution in [0.25, 0.3) is 0 Å². The van der Waals surface area contributed by atoms with Crippen LogP contribution in [0.4, 0.5) is 8.78 Å². The van der Waals surface area contributed by atoms with Crippen molar-refractivity contribution in [2.24, 2.45) is 5.73 Å².